The molecule has 0 radical (unpaired) electrons. The molecule has 0 saturated carbocycles. The first-order chi connectivity index (χ1) is 6.20. The van der Waals surface area contributed by atoms with Gasteiger partial charge in [0.15, 0.2) is 0 Å². The molecule has 1 amide bonds. The lowest BCUT2D eigenvalue weighted by molar-refractivity contribution is 0.0702. The predicted molar refractivity (Wildman–Crippen MR) is 48.5 cm³/mol. The fraction of sp³-hybridized carbons (Fsp3) is 0.889. The Bertz CT molecular complexity index is 170. The normalized spacial score (nSPS) is 19.8. The van der Waals surface area contributed by atoms with E-state index in [0.717, 1.165) is 25.8 Å². The maximum absolute atomic E-state index is 11.1. The topological polar surface area (TPSA) is 49.8 Å². The summed E-state index contributed by atoms with van der Waals surface area (Å²) in [5.41, 5.74) is 0. The molecule has 76 valence electrons. The SMILES string of the molecule is CC(O)CCCN1CCCOC1=O. The Hall–Kier alpha value is -0.770. The fourth-order valence-electron chi connectivity index (χ4n) is 1.38. The van der Waals surface area contributed by atoms with Crippen LogP contribution < -0.4 is 0 Å². The molecule has 4 nitrogen and oxygen atoms in total. The van der Waals surface area contributed by atoms with Crippen LogP contribution in [0.25, 0.3) is 0 Å². The molecule has 1 heterocycles. The van der Waals surface area contributed by atoms with Gasteiger partial charge in [0.1, 0.15) is 0 Å². The van der Waals surface area contributed by atoms with Gasteiger partial charge in [0.05, 0.1) is 12.7 Å². The van der Waals surface area contributed by atoms with Crippen LogP contribution in [0.1, 0.15) is 26.2 Å². The fourth-order valence-corrected chi connectivity index (χ4v) is 1.38. The van der Waals surface area contributed by atoms with Gasteiger partial charge < -0.3 is 14.7 Å². The molecular weight excluding hydrogens is 170 g/mol. The van der Waals surface area contributed by atoms with Crippen molar-refractivity contribution >= 4 is 6.09 Å². The maximum atomic E-state index is 11.1. The lowest BCUT2D eigenvalue weighted by Crippen LogP contribution is -2.38. The summed E-state index contributed by atoms with van der Waals surface area (Å²) in [5.74, 6) is 0. The van der Waals surface area contributed by atoms with Crippen molar-refractivity contribution in [2.24, 2.45) is 0 Å². The van der Waals surface area contributed by atoms with Gasteiger partial charge in [-0.2, -0.15) is 0 Å². The molecule has 1 aliphatic rings. The summed E-state index contributed by atoms with van der Waals surface area (Å²) >= 11 is 0. The Labute approximate surface area is 78.5 Å². The first-order valence-electron chi connectivity index (χ1n) is 4.80. The number of hydrogen-bond donors (Lipinski definition) is 1. The van der Waals surface area contributed by atoms with Crippen LogP contribution in [0.3, 0.4) is 0 Å². The monoisotopic (exact) mass is 187 g/mol. The van der Waals surface area contributed by atoms with E-state index in [0.29, 0.717) is 13.2 Å². The molecule has 0 aliphatic carbocycles. The van der Waals surface area contributed by atoms with Gasteiger partial charge in [-0.05, 0) is 26.2 Å². The molecule has 1 rings (SSSR count). The van der Waals surface area contributed by atoms with E-state index >= 15 is 0 Å². The number of rotatable bonds is 4. The zero-order valence-electron chi connectivity index (χ0n) is 8.03. The number of ether oxygens (including phenoxy) is 1. The maximum Gasteiger partial charge on any atom is 0.409 e. The van der Waals surface area contributed by atoms with E-state index in [9.17, 15) is 4.79 Å². The van der Waals surface area contributed by atoms with Gasteiger partial charge >= 0.3 is 6.09 Å². The number of nitrogens with zero attached hydrogens (tertiary/aromatic N) is 1. The summed E-state index contributed by atoms with van der Waals surface area (Å²) in [7, 11) is 0. The number of carbonyl (C=O) groups excluding carboxylic acids is 1. The van der Waals surface area contributed by atoms with Crippen LogP contribution in [-0.4, -0.2) is 41.9 Å². The smallest absolute Gasteiger partial charge is 0.409 e. The van der Waals surface area contributed by atoms with E-state index in [1.165, 1.54) is 0 Å². The molecular formula is C9H17NO3. The zero-order valence-corrected chi connectivity index (χ0v) is 8.03. The summed E-state index contributed by atoms with van der Waals surface area (Å²) in [6.07, 6.45) is 2.01. The molecule has 13 heavy (non-hydrogen) atoms. The van der Waals surface area contributed by atoms with Crippen LogP contribution in [0.2, 0.25) is 0 Å². The average molecular weight is 187 g/mol. The van der Waals surface area contributed by atoms with E-state index in [-0.39, 0.29) is 12.2 Å². The second-order valence-corrected chi connectivity index (χ2v) is 3.45. The zero-order chi connectivity index (χ0) is 9.68. The van der Waals surface area contributed by atoms with Crippen molar-refractivity contribution in [3.63, 3.8) is 0 Å². The average Bonchev–Trinajstić information content (AvgIpc) is 2.08. The number of amides is 1. The molecule has 0 bridgehead atoms. The van der Waals surface area contributed by atoms with Crippen LogP contribution in [0.4, 0.5) is 4.79 Å². The number of hydrogen-bond acceptors (Lipinski definition) is 3. The summed E-state index contributed by atoms with van der Waals surface area (Å²) in [5, 5.41) is 9.01. The highest BCUT2D eigenvalue weighted by Crippen LogP contribution is 2.06. The van der Waals surface area contributed by atoms with Gasteiger partial charge in [0.25, 0.3) is 0 Å². The molecule has 1 fully saturated rings. The second-order valence-electron chi connectivity index (χ2n) is 3.45. The third kappa shape index (κ3) is 3.63. The third-order valence-electron chi connectivity index (χ3n) is 2.11. The van der Waals surface area contributed by atoms with Crippen LogP contribution in [-0.2, 0) is 4.74 Å². The van der Waals surface area contributed by atoms with Crippen LogP contribution in [0.5, 0.6) is 0 Å². The number of aliphatic hydroxyl groups is 1. The molecule has 1 aliphatic heterocycles. The molecule has 1 saturated heterocycles. The van der Waals surface area contributed by atoms with Crippen LogP contribution >= 0.6 is 0 Å². The highest BCUT2D eigenvalue weighted by molar-refractivity contribution is 5.68. The summed E-state index contributed by atoms with van der Waals surface area (Å²) in [6.45, 7) is 3.79. The van der Waals surface area contributed by atoms with E-state index in [4.69, 9.17) is 9.84 Å². The lowest BCUT2D eigenvalue weighted by atomic mass is 10.2. The van der Waals surface area contributed by atoms with Crippen molar-refractivity contribution in [1.82, 2.24) is 4.90 Å². The third-order valence-corrected chi connectivity index (χ3v) is 2.11. The minimum absolute atomic E-state index is 0.211. The largest absolute Gasteiger partial charge is 0.449 e. The molecule has 0 aromatic rings. The Morgan fingerprint density at radius 3 is 3.08 bits per heavy atom. The summed E-state index contributed by atoms with van der Waals surface area (Å²) in [4.78, 5) is 12.8. The number of cyclic esters (lactones) is 1. The second kappa shape index (κ2) is 5.07. The summed E-state index contributed by atoms with van der Waals surface area (Å²) < 4.78 is 4.87. The molecule has 0 aromatic heterocycles. The number of carbonyl (C=O) groups is 1. The molecule has 0 aromatic carbocycles. The van der Waals surface area contributed by atoms with Crippen molar-refractivity contribution in [1.29, 1.82) is 0 Å². The number of aliphatic hydroxyl groups excluding tert-OH is 1. The van der Waals surface area contributed by atoms with Gasteiger partial charge in [-0.3, -0.25) is 0 Å². The Morgan fingerprint density at radius 1 is 1.69 bits per heavy atom. The van der Waals surface area contributed by atoms with Gasteiger partial charge in [-0.1, -0.05) is 0 Å². The minimum Gasteiger partial charge on any atom is -0.449 e. The highest BCUT2D eigenvalue weighted by atomic mass is 16.6. The minimum atomic E-state index is -0.277. The van der Waals surface area contributed by atoms with Crippen molar-refractivity contribution in [3.05, 3.63) is 0 Å². The molecule has 0 spiro atoms. The van der Waals surface area contributed by atoms with E-state index in [2.05, 4.69) is 0 Å². The molecule has 1 atom stereocenters. The molecule has 1 unspecified atom stereocenters. The lowest BCUT2D eigenvalue weighted by Gasteiger charge is -2.26. The molecule has 4 heteroatoms. The van der Waals surface area contributed by atoms with Crippen LogP contribution in [0, 0.1) is 0 Å². The standard InChI is InChI=1S/C9H17NO3/c1-8(11)4-2-5-10-6-3-7-13-9(10)12/h8,11H,2-7H2,1H3. The Balaban J connectivity index is 2.15. The first-order valence-corrected chi connectivity index (χ1v) is 4.80. The summed E-state index contributed by atoms with van der Waals surface area (Å²) in [6, 6.07) is 0. The van der Waals surface area contributed by atoms with Gasteiger partial charge in [-0.25, -0.2) is 4.79 Å². The van der Waals surface area contributed by atoms with Crippen molar-refractivity contribution in [2.75, 3.05) is 19.7 Å². The van der Waals surface area contributed by atoms with Crippen LogP contribution in [0.15, 0.2) is 0 Å². The van der Waals surface area contributed by atoms with Gasteiger partial charge in [-0.15, -0.1) is 0 Å². The van der Waals surface area contributed by atoms with E-state index < -0.39 is 0 Å². The predicted octanol–water partition coefficient (Wildman–Crippen LogP) is 0.990. The highest BCUT2D eigenvalue weighted by Gasteiger charge is 2.18. The Morgan fingerprint density at radius 2 is 2.46 bits per heavy atom. The van der Waals surface area contributed by atoms with Crippen molar-refractivity contribution in [2.45, 2.75) is 32.3 Å². The van der Waals surface area contributed by atoms with Crippen molar-refractivity contribution < 1.29 is 14.6 Å². The molecule has 1 N–H and O–H groups in total. The van der Waals surface area contributed by atoms with E-state index in [1.54, 1.807) is 11.8 Å². The van der Waals surface area contributed by atoms with Gasteiger partial charge in [0.2, 0.25) is 0 Å². The van der Waals surface area contributed by atoms with Gasteiger partial charge in [0, 0.05) is 13.1 Å². The first kappa shape index (κ1) is 10.3. The van der Waals surface area contributed by atoms with E-state index in [1.807, 2.05) is 0 Å². The van der Waals surface area contributed by atoms with Crippen molar-refractivity contribution in [3.8, 4) is 0 Å². The quantitative estimate of drug-likeness (QED) is 0.714. The Kier molecular flexibility index (Phi) is 4.02.